The predicted octanol–water partition coefficient (Wildman–Crippen LogP) is 3.71. The highest BCUT2D eigenvalue weighted by Gasteiger charge is 2.34. The summed E-state index contributed by atoms with van der Waals surface area (Å²) >= 11 is 0. The number of nitrogens with one attached hydrogen (secondary N) is 1. The van der Waals surface area contributed by atoms with Gasteiger partial charge < -0.3 is 14.6 Å². The Kier molecular flexibility index (Phi) is 6.05. The molecule has 1 N–H and O–H groups in total. The van der Waals surface area contributed by atoms with Gasteiger partial charge in [0.15, 0.2) is 5.76 Å². The number of likely N-dealkylation sites (tertiary alicyclic amines) is 1. The zero-order valence-electron chi connectivity index (χ0n) is 16.2. The summed E-state index contributed by atoms with van der Waals surface area (Å²) in [6.45, 7) is 8.05. The number of hydrogen-bond acceptors (Lipinski definition) is 3. The second kappa shape index (κ2) is 8.28. The highest BCUT2D eigenvalue weighted by Crippen LogP contribution is 2.34. The largest absolute Gasteiger partial charge is 0.459 e. The van der Waals surface area contributed by atoms with Crippen molar-refractivity contribution in [1.82, 2.24) is 10.2 Å². The van der Waals surface area contributed by atoms with Crippen molar-refractivity contribution in [3.05, 3.63) is 24.2 Å². The molecule has 5 nitrogen and oxygen atoms in total. The summed E-state index contributed by atoms with van der Waals surface area (Å²) in [7, 11) is 0. The molecule has 144 valence electrons. The normalized spacial score (nSPS) is 27.5. The average molecular weight is 360 g/mol. The van der Waals surface area contributed by atoms with Gasteiger partial charge in [-0.3, -0.25) is 9.59 Å². The van der Waals surface area contributed by atoms with E-state index in [0.29, 0.717) is 42.6 Å². The molecule has 2 fully saturated rings. The maximum absolute atomic E-state index is 12.8. The molecule has 3 atom stereocenters. The highest BCUT2D eigenvalue weighted by atomic mass is 16.3. The molecule has 0 radical (unpaired) electrons. The first-order chi connectivity index (χ1) is 12.5. The summed E-state index contributed by atoms with van der Waals surface area (Å²) in [5.41, 5.74) is 0. The van der Waals surface area contributed by atoms with E-state index in [9.17, 15) is 9.59 Å². The summed E-state index contributed by atoms with van der Waals surface area (Å²) < 4.78 is 5.20. The maximum atomic E-state index is 12.8. The van der Waals surface area contributed by atoms with Crippen molar-refractivity contribution >= 4 is 11.8 Å². The van der Waals surface area contributed by atoms with Crippen LogP contribution in [0.4, 0.5) is 0 Å². The second-order valence-electron chi connectivity index (χ2n) is 8.48. The van der Waals surface area contributed by atoms with E-state index in [1.807, 2.05) is 0 Å². The third-order valence-corrected chi connectivity index (χ3v) is 6.23. The first-order valence-electron chi connectivity index (χ1n) is 10.1. The van der Waals surface area contributed by atoms with Gasteiger partial charge in [0, 0.05) is 25.0 Å². The number of amides is 2. The van der Waals surface area contributed by atoms with Crippen molar-refractivity contribution in [2.45, 2.75) is 58.9 Å². The van der Waals surface area contributed by atoms with Crippen molar-refractivity contribution in [3.63, 3.8) is 0 Å². The summed E-state index contributed by atoms with van der Waals surface area (Å²) in [4.78, 5) is 26.9. The van der Waals surface area contributed by atoms with E-state index in [1.165, 1.54) is 19.1 Å². The second-order valence-corrected chi connectivity index (χ2v) is 8.48. The van der Waals surface area contributed by atoms with Crippen LogP contribution in [0.1, 0.15) is 63.4 Å². The molecule has 0 spiro atoms. The molecule has 1 aliphatic carbocycles. The number of rotatable bonds is 4. The van der Waals surface area contributed by atoms with E-state index < -0.39 is 0 Å². The van der Waals surface area contributed by atoms with Crippen LogP contribution < -0.4 is 5.32 Å². The minimum absolute atomic E-state index is 0.0145. The van der Waals surface area contributed by atoms with Crippen LogP contribution in [0.25, 0.3) is 0 Å². The Morgan fingerprint density at radius 3 is 2.54 bits per heavy atom. The van der Waals surface area contributed by atoms with Crippen LogP contribution >= 0.6 is 0 Å². The molecule has 2 aliphatic rings. The van der Waals surface area contributed by atoms with Crippen LogP contribution in [0.15, 0.2) is 22.8 Å². The van der Waals surface area contributed by atoms with Gasteiger partial charge in [-0.05, 0) is 55.6 Å². The number of carbonyl (C=O) groups is 2. The van der Waals surface area contributed by atoms with Crippen molar-refractivity contribution in [2.24, 2.45) is 23.7 Å². The van der Waals surface area contributed by atoms with Gasteiger partial charge in [-0.25, -0.2) is 0 Å². The van der Waals surface area contributed by atoms with Crippen LogP contribution in [0.2, 0.25) is 0 Å². The lowest BCUT2D eigenvalue weighted by molar-refractivity contribution is -0.128. The molecule has 0 bridgehead atoms. The molecular formula is C21H32N2O3. The topological polar surface area (TPSA) is 62.6 Å². The molecule has 2 amide bonds. The number of piperidine rings is 1. The van der Waals surface area contributed by atoms with Crippen LogP contribution in [-0.4, -0.2) is 35.8 Å². The van der Waals surface area contributed by atoms with Gasteiger partial charge in [-0.2, -0.15) is 0 Å². The van der Waals surface area contributed by atoms with E-state index in [4.69, 9.17) is 4.42 Å². The monoisotopic (exact) mass is 360 g/mol. The Morgan fingerprint density at radius 2 is 1.92 bits per heavy atom. The Bertz CT molecular complexity index is 603. The molecule has 3 unspecified atom stereocenters. The summed E-state index contributed by atoms with van der Waals surface area (Å²) in [6.07, 6.45) is 6.54. The van der Waals surface area contributed by atoms with Crippen LogP contribution in [0.5, 0.6) is 0 Å². The van der Waals surface area contributed by atoms with E-state index in [-0.39, 0.29) is 17.7 Å². The van der Waals surface area contributed by atoms with Crippen molar-refractivity contribution in [1.29, 1.82) is 0 Å². The molecule has 0 aromatic carbocycles. The quantitative estimate of drug-likeness (QED) is 0.890. The predicted molar refractivity (Wildman–Crippen MR) is 101 cm³/mol. The molecule has 1 aromatic heterocycles. The van der Waals surface area contributed by atoms with Gasteiger partial charge in [0.2, 0.25) is 5.91 Å². The fourth-order valence-electron chi connectivity index (χ4n) is 4.57. The van der Waals surface area contributed by atoms with E-state index in [2.05, 4.69) is 26.1 Å². The number of furan rings is 1. The standard InChI is InChI=1S/C21H32N2O3/c1-14(2)17-7-6-15(3)13-18(17)22-20(24)16-8-10-23(11-9-16)21(25)19-5-4-12-26-19/h4-5,12,14-18H,6-11,13H2,1-3H3,(H,22,24). The minimum atomic E-state index is -0.0742. The van der Waals surface area contributed by atoms with Gasteiger partial charge in [0.1, 0.15) is 0 Å². The smallest absolute Gasteiger partial charge is 0.289 e. The maximum Gasteiger partial charge on any atom is 0.289 e. The van der Waals surface area contributed by atoms with Crippen molar-refractivity contribution in [3.8, 4) is 0 Å². The van der Waals surface area contributed by atoms with E-state index in [0.717, 1.165) is 19.3 Å². The lowest BCUT2D eigenvalue weighted by atomic mass is 9.74. The molecule has 26 heavy (non-hydrogen) atoms. The molecule has 2 heterocycles. The number of nitrogens with zero attached hydrogens (tertiary/aromatic N) is 1. The van der Waals surface area contributed by atoms with Gasteiger partial charge >= 0.3 is 0 Å². The molecule has 1 saturated heterocycles. The van der Waals surface area contributed by atoms with Gasteiger partial charge in [0.25, 0.3) is 5.91 Å². The fraction of sp³-hybridized carbons (Fsp3) is 0.714. The highest BCUT2D eigenvalue weighted by molar-refractivity contribution is 5.91. The lowest BCUT2D eigenvalue weighted by Gasteiger charge is -2.39. The van der Waals surface area contributed by atoms with Gasteiger partial charge in [0.05, 0.1) is 6.26 Å². The Morgan fingerprint density at radius 1 is 1.19 bits per heavy atom. The Balaban J connectivity index is 1.52. The molecule has 3 rings (SSSR count). The molecule has 1 aliphatic heterocycles. The Hall–Kier alpha value is -1.78. The number of carbonyl (C=O) groups excluding carboxylic acids is 2. The van der Waals surface area contributed by atoms with Crippen LogP contribution in [0.3, 0.4) is 0 Å². The fourth-order valence-corrected chi connectivity index (χ4v) is 4.57. The zero-order valence-corrected chi connectivity index (χ0v) is 16.2. The lowest BCUT2D eigenvalue weighted by Crippen LogP contribution is -2.49. The molecule has 1 aromatic rings. The molecule has 5 heteroatoms. The van der Waals surface area contributed by atoms with Gasteiger partial charge in [-0.1, -0.05) is 27.2 Å². The Labute approximate surface area is 156 Å². The van der Waals surface area contributed by atoms with E-state index >= 15 is 0 Å². The summed E-state index contributed by atoms with van der Waals surface area (Å²) in [5, 5.41) is 3.36. The summed E-state index contributed by atoms with van der Waals surface area (Å²) in [6, 6.07) is 3.72. The molecular weight excluding hydrogens is 328 g/mol. The van der Waals surface area contributed by atoms with Crippen molar-refractivity contribution in [2.75, 3.05) is 13.1 Å². The third-order valence-electron chi connectivity index (χ3n) is 6.23. The molecule has 1 saturated carbocycles. The van der Waals surface area contributed by atoms with Gasteiger partial charge in [-0.15, -0.1) is 0 Å². The summed E-state index contributed by atoms with van der Waals surface area (Å²) in [5.74, 6) is 2.36. The minimum Gasteiger partial charge on any atom is -0.459 e. The van der Waals surface area contributed by atoms with Crippen LogP contribution in [-0.2, 0) is 4.79 Å². The first-order valence-corrected chi connectivity index (χ1v) is 10.1. The van der Waals surface area contributed by atoms with Crippen LogP contribution in [0, 0.1) is 23.7 Å². The SMILES string of the molecule is CC1CCC(C(C)C)C(NC(=O)C2CCN(C(=O)c3ccco3)CC2)C1. The zero-order chi connectivity index (χ0) is 18.7. The number of hydrogen-bond donors (Lipinski definition) is 1. The van der Waals surface area contributed by atoms with Crippen molar-refractivity contribution < 1.29 is 14.0 Å². The average Bonchev–Trinajstić information content (AvgIpc) is 3.15. The van der Waals surface area contributed by atoms with E-state index in [1.54, 1.807) is 17.0 Å². The third kappa shape index (κ3) is 4.30. The first kappa shape index (κ1) is 19.0.